The van der Waals surface area contributed by atoms with Crippen LogP contribution < -0.4 is 4.90 Å². The Labute approximate surface area is 312 Å². The molecule has 0 saturated carbocycles. The first-order chi connectivity index (χ1) is 25.1. The number of benzene rings is 1. The summed E-state index contributed by atoms with van der Waals surface area (Å²) in [5, 5.41) is 5.26. The molecule has 0 amide bonds. The van der Waals surface area contributed by atoms with Crippen LogP contribution in [0.3, 0.4) is 0 Å². The largest absolute Gasteiger partial charge is 0.464 e. The number of anilines is 2. The van der Waals surface area contributed by atoms with Crippen molar-refractivity contribution in [2.45, 2.75) is 71.6 Å². The van der Waals surface area contributed by atoms with Crippen molar-refractivity contribution in [2.24, 2.45) is 0 Å². The van der Waals surface area contributed by atoms with Crippen LogP contribution in [0.15, 0.2) is 43.0 Å². The molecule has 18 heteroatoms. The standard InChI is InChI=1S/C35H45F2N9O4SSi2/c1-23-18-44-28(17-38-33(44)34(40-23)46(22-50-12-14-53(6,7)8)30-15-26(42-51-30)35(47)48-2)24-16-39-43(19-24)20-29-41-32-27(10-9-25(36)31(32)37)45(29)21-49-11-13-52(3,4)5/h9-10,15-19H,11-14,20-22H2,1-8H3. The summed E-state index contributed by atoms with van der Waals surface area (Å²) in [5.41, 5.74) is 3.41. The number of carbonyl (C=O) groups excluding carboxylic acids is 1. The molecule has 5 aromatic heterocycles. The van der Waals surface area contributed by atoms with Gasteiger partial charge >= 0.3 is 5.97 Å². The predicted molar refractivity (Wildman–Crippen MR) is 206 cm³/mol. The Kier molecular flexibility index (Phi) is 11.3. The molecule has 6 aromatic rings. The number of hydrogen-bond acceptors (Lipinski definition) is 11. The summed E-state index contributed by atoms with van der Waals surface area (Å²) in [6.07, 6.45) is 7.22. The van der Waals surface area contributed by atoms with Gasteiger partial charge < -0.3 is 18.8 Å². The number of nitrogens with zero attached hydrogens (tertiary/aromatic N) is 9. The minimum atomic E-state index is -1.34. The van der Waals surface area contributed by atoms with Crippen molar-refractivity contribution in [1.82, 2.24) is 38.1 Å². The minimum absolute atomic E-state index is 0.0490. The van der Waals surface area contributed by atoms with Crippen molar-refractivity contribution in [3.63, 3.8) is 0 Å². The molecular weight excluding hydrogens is 737 g/mol. The zero-order valence-corrected chi connectivity index (χ0v) is 34.1. The second kappa shape index (κ2) is 15.5. The number of ether oxygens (including phenoxy) is 3. The first-order valence-electron chi connectivity index (χ1n) is 17.3. The molecule has 0 bridgehead atoms. The maximum absolute atomic E-state index is 14.9. The number of aromatic nitrogens is 8. The Morgan fingerprint density at radius 3 is 2.43 bits per heavy atom. The molecule has 13 nitrogen and oxygen atoms in total. The topological polar surface area (TPSA) is 127 Å². The molecule has 53 heavy (non-hydrogen) atoms. The smallest absolute Gasteiger partial charge is 0.357 e. The average molecular weight is 782 g/mol. The van der Waals surface area contributed by atoms with Crippen LogP contribution in [-0.4, -0.2) is 87.2 Å². The van der Waals surface area contributed by atoms with Crippen molar-refractivity contribution in [3.8, 4) is 11.3 Å². The second-order valence-electron chi connectivity index (χ2n) is 15.3. The van der Waals surface area contributed by atoms with Crippen LogP contribution in [0.25, 0.3) is 27.9 Å². The normalized spacial score (nSPS) is 12.3. The fourth-order valence-corrected chi connectivity index (χ4v) is 7.78. The Bertz CT molecular complexity index is 2240. The van der Waals surface area contributed by atoms with E-state index in [1.807, 2.05) is 28.6 Å². The third kappa shape index (κ3) is 8.89. The highest BCUT2D eigenvalue weighted by molar-refractivity contribution is 7.10. The van der Waals surface area contributed by atoms with E-state index >= 15 is 0 Å². The van der Waals surface area contributed by atoms with Gasteiger partial charge in [-0.3, -0.25) is 14.0 Å². The van der Waals surface area contributed by atoms with Crippen LogP contribution >= 0.6 is 11.5 Å². The van der Waals surface area contributed by atoms with Gasteiger partial charge in [-0.2, -0.15) is 9.47 Å². The van der Waals surface area contributed by atoms with Gasteiger partial charge in [0, 0.05) is 53.4 Å². The Morgan fingerprint density at radius 1 is 0.981 bits per heavy atom. The quantitative estimate of drug-likeness (QED) is 0.0420. The monoisotopic (exact) mass is 781 g/mol. The SMILES string of the molecule is COC(=O)c1cc(N(COCC[Si](C)(C)C)c2nc(C)cn3c(-c4cnn(Cc5nc6c(F)c(F)ccc6n5COCC[Si](C)(C)C)c4)cnc23)sn1. The molecule has 6 rings (SSSR count). The van der Waals surface area contributed by atoms with Gasteiger partial charge in [0.1, 0.15) is 29.8 Å². The van der Waals surface area contributed by atoms with Gasteiger partial charge in [-0.1, -0.05) is 39.3 Å². The van der Waals surface area contributed by atoms with Gasteiger partial charge in [-0.25, -0.2) is 28.5 Å². The fourth-order valence-electron chi connectivity index (χ4n) is 5.55. The van der Waals surface area contributed by atoms with E-state index in [0.717, 1.165) is 46.6 Å². The predicted octanol–water partition coefficient (Wildman–Crippen LogP) is 7.58. The van der Waals surface area contributed by atoms with Gasteiger partial charge in [0.25, 0.3) is 0 Å². The maximum atomic E-state index is 14.9. The molecule has 0 aliphatic carbocycles. The van der Waals surface area contributed by atoms with E-state index in [1.165, 1.54) is 13.2 Å². The van der Waals surface area contributed by atoms with Gasteiger partial charge in [0.15, 0.2) is 28.8 Å². The van der Waals surface area contributed by atoms with Crippen molar-refractivity contribution in [3.05, 3.63) is 71.8 Å². The molecule has 0 aliphatic rings. The zero-order valence-electron chi connectivity index (χ0n) is 31.3. The molecule has 0 unspecified atom stereocenters. The van der Waals surface area contributed by atoms with Crippen molar-refractivity contribution < 1.29 is 27.8 Å². The Hall–Kier alpha value is -4.37. The summed E-state index contributed by atoms with van der Waals surface area (Å²) in [4.78, 5) is 28.3. The van der Waals surface area contributed by atoms with Crippen LogP contribution in [0.1, 0.15) is 22.0 Å². The third-order valence-electron chi connectivity index (χ3n) is 8.57. The molecular formula is C35H45F2N9O4SSi2. The number of methoxy groups -OCH3 is 1. The van der Waals surface area contributed by atoms with E-state index in [2.05, 4.69) is 53.7 Å². The lowest BCUT2D eigenvalue weighted by Crippen LogP contribution is -2.26. The number of halogens is 2. The molecule has 0 radical (unpaired) electrons. The van der Waals surface area contributed by atoms with Crippen LogP contribution in [0.5, 0.6) is 0 Å². The molecule has 0 aliphatic heterocycles. The van der Waals surface area contributed by atoms with E-state index in [1.54, 1.807) is 27.7 Å². The molecule has 0 fully saturated rings. The van der Waals surface area contributed by atoms with Gasteiger partial charge in [0.05, 0.1) is 43.0 Å². The summed E-state index contributed by atoms with van der Waals surface area (Å²) in [6, 6.07) is 6.25. The molecule has 1 aromatic carbocycles. The van der Waals surface area contributed by atoms with Crippen LogP contribution in [0.4, 0.5) is 19.6 Å². The molecule has 0 atom stereocenters. The molecule has 0 saturated heterocycles. The summed E-state index contributed by atoms with van der Waals surface area (Å²) in [7, 11) is -1.35. The van der Waals surface area contributed by atoms with Crippen LogP contribution in [0, 0.1) is 18.6 Å². The Morgan fingerprint density at radius 2 is 1.72 bits per heavy atom. The van der Waals surface area contributed by atoms with Crippen molar-refractivity contribution in [2.75, 3.05) is 32.0 Å². The summed E-state index contributed by atoms with van der Waals surface area (Å²) in [6.45, 7) is 17.2. The van der Waals surface area contributed by atoms with Crippen LogP contribution in [-0.2, 0) is 27.5 Å². The highest BCUT2D eigenvalue weighted by Gasteiger charge is 2.24. The van der Waals surface area contributed by atoms with Gasteiger partial charge in [-0.05, 0) is 42.7 Å². The number of carbonyl (C=O) groups is 1. The second-order valence-corrected chi connectivity index (χ2v) is 27.3. The van der Waals surface area contributed by atoms with Gasteiger partial charge in [-0.15, -0.1) is 0 Å². The van der Waals surface area contributed by atoms with Crippen molar-refractivity contribution in [1.29, 1.82) is 0 Å². The summed E-state index contributed by atoms with van der Waals surface area (Å²) < 4.78 is 55.9. The first-order valence-corrected chi connectivity index (χ1v) is 25.5. The number of esters is 1. The van der Waals surface area contributed by atoms with E-state index in [9.17, 15) is 13.6 Å². The highest BCUT2D eigenvalue weighted by atomic mass is 32.1. The molecule has 0 N–H and O–H groups in total. The van der Waals surface area contributed by atoms with Crippen LogP contribution in [0.2, 0.25) is 51.4 Å². The van der Waals surface area contributed by atoms with E-state index in [0.29, 0.717) is 41.0 Å². The van der Waals surface area contributed by atoms with E-state index in [4.69, 9.17) is 24.2 Å². The van der Waals surface area contributed by atoms with Crippen molar-refractivity contribution >= 4 is 61.1 Å². The lowest BCUT2D eigenvalue weighted by Gasteiger charge is -2.23. The number of fused-ring (bicyclic) bond motifs is 2. The maximum Gasteiger partial charge on any atom is 0.357 e. The van der Waals surface area contributed by atoms with E-state index < -0.39 is 33.8 Å². The Balaban J connectivity index is 1.31. The summed E-state index contributed by atoms with van der Waals surface area (Å²) in [5.74, 6) is -1.46. The number of imidazole rings is 2. The zero-order chi connectivity index (χ0) is 38.1. The third-order valence-corrected chi connectivity index (χ3v) is 12.8. The molecule has 0 spiro atoms. The highest BCUT2D eigenvalue weighted by Crippen LogP contribution is 2.33. The molecule has 5 heterocycles. The lowest BCUT2D eigenvalue weighted by atomic mass is 10.3. The first kappa shape index (κ1) is 38.4. The number of hydrogen-bond donors (Lipinski definition) is 0. The molecule has 282 valence electrons. The van der Waals surface area contributed by atoms with E-state index in [-0.39, 0.29) is 31.2 Å². The number of aryl methyl sites for hydroxylation is 1. The van der Waals surface area contributed by atoms with Gasteiger partial charge in [0.2, 0.25) is 0 Å². The average Bonchev–Trinajstić information content (AvgIpc) is 3.90. The minimum Gasteiger partial charge on any atom is -0.464 e. The fraction of sp³-hybridized carbons (Fsp3) is 0.429. The lowest BCUT2D eigenvalue weighted by molar-refractivity contribution is 0.0595. The summed E-state index contributed by atoms with van der Waals surface area (Å²) >= 11 is 1.15. The number of rotatable bonds is 16.